The number of hydrogen-bond acceptors (Lipinski definition) is 2. The van der Waals surface area contributed by atoms with Gasteiger partial charge in [0.1, 0.15) is 11.6 Å². The molecule has 0 bridgehead atoms. The molecule has 0 unspecified atom stereocenters. The minimum atomic E-state index is -3.93. The molecule has 0 radical (unpaired) electrons. The fraction of sp³-hybridized carbons (Fsp3) is 0.0769. The Morgan fingerprint density at radius 2 is 1.65 bits per heavy atom. The Morgan fingerprint density at radius 3 is 2.20 bits per heavy atom. The molecule has 0 spiro atoms. The summed E-state index contributed by atoms with van der Waals surface area (Å²) in [5.41, 5.74) is -0.235. The fourth-order valence-electron chi connectivity index (χ4n) is 1.63. The van der Waals surface area contributed by atoms with Gasteiger partial charge < -0.3 is 0 Å². The molecule has 0 N–H and O–H groups in total. The lowest BCUT2D eigenvalue weighted by Crippen LogP contribution is -2.27. The molecule has 0 aromatic heterocycles. The largest absolute Gasteiger partial charge is 0.266 e. The lowest BCUT2D eigenvalue weighted by molar-refractivity contribution is 0.577. The standard InChI is InChI=1S/C13H10ClF2NO2S/c1-17(13-7-4-10(15)8-12(13)16)20(18,19)11-5-2-9(14)3-6-11/h2-8H,1H3. The van der Waals surface area contributed by atoms with Crippen molar-refractivity contribution in [3.63, 3.8) is 0 Å². The van der Waals surface area contributed by atoms with E-state index >= 15 is 0 Å². The Balaban J connectivity index is 2.45. The van der Waals surface area contributed by atoms with Crippen LogP contribution in [0.25, 0.3) is 0 Å². The molecular weight excluding hydrogens is 308 g/mol. The van der Waals surface area contributed by atoms with Gasteiger partial charge in [0.05, 0.1) is 10.6 Å². The topological polar surface area (TPSA) is 37.4 Å². The van der Waals surface area contributed by atoms with Crippen LogP contribution in [0.2, 0.25) is 5.02 Å². The molecule has 7 heteroatoms. The van der Waals surface area contributed by atoms with Crippen LogP contribution in [0.3, 0.4) is 0 Å². The van der Waals surface area contributed by atoms with E-state index in [0.717, 1.165) is 16.4 Å². The average molecular weight is 318 g/mol. The van der Waals surface area contributed by atoms with Crippen molar-refractivity contribution in [3.05, 3.63) is 59.1 Å². The highest BCUT2D eigenvalue weighted by Gasteiger charge is 2.23. The molecule has 0 saturated heterocycles. The second-order valence-electron chi connectivity index (χ2n) is 4.02. The van der Waals surface area contributed by atoms with Gasteiger partial charge in [-0.2, -0.15) is 0 Å². The van der Waals surface area contributed by atoms with Crippen LogP contribution in [-0.4, -0.2) is 15.5 Å². The Bertz CT molecular complexity index is 733. The van der Waals surface area contributed by atoms with Crippen molar-refractivity contribution in [2.75, 3.05) is 11.4 Å². The van der Waals surface area contributed by atoms with Crippen LogP contribution in [0, 0.1) is 11.6 Å². The Kier molecular flexibility index (Phi) is 3.96. The van der Waals surface area contributed by atoms with Gasteiger partial charge in [-0.1, -0.05) is 11.6 Å². The van der Waals surface area contributed by atoms with Crippen LogP contribution in [0.1, 0.15) is 0 Å². The van der Waals surface area contributed by atoms with Crippen LogP contribution < -0.4 is 4.31 Å². The maximum absolute atomic E-state index is 13.6. The third-order valence-electron chi connectivity index (χ3n) is 2.72. The monoisotopic (exact) mass is 317 g/mol. The molecule has 106 valence electrons. The van der Waals surface area contributed by atoms with E-state index in [1.807, 2.05) is 0 Å². The lowest BCUT2D eigenvalue weighted by atomic mass is 10.3. The Labute approximate surface area is 120 Å². The van der Waals surface area contributed by atoms with Gasteiger partial charge in [0, 0.05) is 18.1 Å². The first-order chi connectivity index (χ1) is 9.32. The van der Waals surface area contributed by atoms with Gasteiger partial charge in [-0.25, -0.2) is 17.2 Å². The average Bonchev–Trinajstić information content (AvgIpc) is 2.38. The third kappa shape index (κ3) is 2.76. The number of halogens is 3. The summed E-state index contributed by atoms with van der Waals surface area (Å²) in [6.45, 7) is 0. The minimum absolute atomic E-state index is 0.0341. The molecule has 3 nitrogen and oxygen atoms in total. The zero-order valence-corrected chi connectivity index (χ0v) is 11.9. The SMILES string of the molecule is CN(c1ccc(F)cc1F)S(=O)(=O)c1ccc(Cl)cc1. The third-order valence-corrected chi connectivity index (χ3v) is 4.76. The van der Waals surface area contributed by atoms with Crippen molar-refractivity contribution in [3.8, 4) is 0 Å². The lowest BCUT2D eigenvalue weighted by Gasteiger charge is -2.20. The van der Waals surface area contributed by atoms with E-state index in [4.69, 9.17) is 11.6 Å². The molecule has 0 atom stereocenters. The van der Waals surface area contributed by atoms with E-state index in [-0.39, 0.29) is 10.6 Å². The fourth-order valence-corrected chi connectivity index (χ4v) is 2.96. The van der Waals surface area contributed by atoms with E-state index in [2.05, 4.69) is 0 Å². The number of anilines is 1. The quantitative estimate of drug-likeness (QED) is 0.869. The summed E-state index contributed by atoms with van der Waals surface area (Å²) in [5.74, 6) is -1.73. The van der Waals surface area contributed by atoms with E-state index in [9.17, 15) is 17.2 Å². The number of nitrogens with zero attached hydrogens (tertiary/aromatic N) is 1. The zero-order valence-electron chi connectivity index (χ0n) is 10.3. The predicted octanol–water partition coefficient (Wildman–Crippen LogP) is 3.44. The molecule has 0 aliphatic carbocycles. The summed E-state index contributed by atoms with van der Waals surface area (Å²) < 4.78 is 51.9. The maximum atomic E-state index is 13.6. The van der Waals surface area contributed by atoms with Crippen molar-refractivity contribution in [1.29, 1.82) is 0 Å². The highest BCUT2D eigenvalue weighted by Crippen LogP contribution is 2.25. The van der Waals surface area contributed by atoms with E-state index in [1.54, 1.807) is 0 Å². The van der Waals surface area contributed by atoms with Crippen molar-refractivity contribution < 1.29 is 17.2 Å². The second-order valence-corrected chi connectivity index (χ2v) is 6.43. The number of sulfonamides is 1. The number of rotatable bonds is 3. The van der Waals surface area contributed by atoms with Crippen molar-refractivity contribution in [2.45, 2.75) is 4.90 Å². The minimum Gasteiger partial charge on any atom is -0.266 e. The number of hydrogen-bond donors (Lipinski definition) is 0. The number of benzene rings is 2. The molecule has 2 aromatic rings. The van der Waals surface area contributed by atoms with E-state index < -0.39 is 21.7 Å². The normalized spacial score (nSPS) is 11.4. The van der Waals surface area contributed by atoms with Crippen LogP contribution >= 0.6 is 11.6 Å². The first-order valence-corrected chi connectivity index (χ1v) is 7.34. The summed E-state index contributed by atoms with van der Waals surface area (Å²) >= 11 is 5.69. The molecule has 0 heterocycles. The molecule has 0 aliphatic rings. The maximum Gasteiger partial charge on any atom is 0.264 e. The van der Waals surface area contributed by atoms with Gasteiger partial charge in [0.15, 0.2) is 0 Å². The Morgan fingerprint density at radius 1 is 1.05 bits per heavy atom. The summed E-state index contributed by atoms with van der Waals surface area (Å²) in [6, 6.07) is 8.16. The molecule has 2 aromatic carbocycles. The smallest absolute Gasteiger partial charge is 0.264 e. The van der Waals surface area contributed by atoms with E-state index in [1.165, 1.54) is 31.3 Å². The van der Waals surface area contributed by atoms with Gasteiger partial charge >= 0.3 is 0 Å². The van der Waals surface area contributed by atoms with Gasteiger partial charge in [-0.05, 0) is 36.4 Å². The van der Waals surface area contributed by atoms with Crippen molar-refractivity contribution >= 4 is 27.3 Å². The Hall–Kier alpha value is -1.66. The summed E-state index contributed by atoms with van der Waals surface area (Å²) in [6.07, 6.45) is 0. The molecule has 2 rings (SSSR count). The van der Waals surface area contributed by atoms with Gasteiger partial charge in [0.25, 0.3) is 10.0 Å². The van der Waals surface area contributed by atoms with Gasteiger partial charge in [-0.15, -0.1) is 0 Å². The van der Waals surface area contributed by atoms with Crippen molar-refractivity contribution in [2.24, 2.45) is 0 Å². The first kappa shape index (κ1) is 14.7. The highest BCUT2D eigenvalue weighted by molar-refractivity contribution is 7.92. The van der Waals surface area contributed by atoms with Gasteiger partial charge in [0.2, 0.25) is 0 Å². The van der Waals surface area contributed by atoms with Crippen LogP contribution in [0.15, 0.2) is 47.4 Å². The van der Waals surface area contributed by atoms with Crippen LogP contribution in [0.4, 0.5) is 14.5 Å². The molecule has 0 fully saturated rings. The van der Waals surface area contributed by atoms with Crippen molar-refractivity contribution in [1.82, 2.24) is 0 Å². The first-order valence-electron chi connectivity index (χ1n) is 5.52. The van der Waals surface area contributed by atoms with Crippen LogP contribution in [-0.2, 0) is 10.0 Å². The predicted molar refractivity (Wildman–Crippen MR) is 73.4 cm³/mol. The molecule has 0 aliphatic heterocycles. The van der Waals surface area contributed by atoms with Gasteiger partial charge in [-0.3, -0.25) is 4.31 Å². The molecule has 0 saturated carbocycles. The summed E-state index contributed by atoms with van der Waals surface area (Å²) in [4.78, 5) is -0.0341. The summed E-state index contributed by atoms with van der Waals surface area (Å²) in [5, 5.41) is 0.388. The second kappa shape index (κ2) is 5.38. The molecular formula is C13H10ClF2NO2S. The molecule has 20 heavy (non-hydrogen) atoms. The van der Waals surface area contributed by atoms with E-state index in [0.29, 0.717) is 11.1 Å². The highest BCUT2D eigenvalue weighted by atomic mass is 35.5. The van der Waals surface area contributed by atoms with Crippen LogP contribution in [0.5, 0.6) is 0 Å². The molecule has 0 amide bonds. The zero-order chi connectivity index (χ0) is 14.9. The summed E-state index contributed by atoms with van der Waals surface area (Å²) in [7, 11) is -2.74.